The van der Waals surface area contributed by atoms with Crippen LogP contribution in [0.3, 0.4) is 0 Å². The summed E-state index contributed by atoms with van der Waals surface area (Å²) in [4.78, 5) is 0. The molecule has 1 atom stereocenters. The van der Waals surface area contributed by atoms with Gasteiger partial charge in [-0.3, -0.25) is 0 Å². The molecule has 0 bridgehead atoms. The molecule has 0 aliphatic carbocycles. The number of nitrogens with one attached hydrogen (secondary N) is 1. The lowest BCUT2D eigenvalue weighted by molar-refractivity contribution is 0.557. The minimum Gasteiger partial charge on any atom is -0.316 e. The lowest BCUT2D eigenvalue weighted by atomic mass is 10.2. The molecule has 0 aliphatic heterocycles. The van der Waals surface area contributed by atoms with Gasteiger partial charge in [0.15, 0.2) is 0 Å². The molecule has 1 aromatic rings. The van der Waals surface area contributed by atoms with E-state index in [9.17, 15) is 0 Å². The van der Waals surface area contributed by atoms with Crippen LogP contribution in [-0.2, 0) is 5.75 Å². The molecule has 0 saturated carbocycles. The van der Waals surface area contributed by atoms with Gasteiger partial charge in [-0.2, -0.15) is 11.8 Å². The first-order valence-corrected chi connectivity index (χ1v) is 7.79. The summed E-state index contributed by atoms with van der Waals surface area (Å²) in [7, 11) is 0. The third-order valence-electron chi connectivity index (χ3n) is 2.54. The molecule has 0 aliphatic rings. The lowest BCUT2D eigenvalue weighted by Crippen LogP contribution is -2.23. The van der Waals surface area contributed by atoms with Crippen LogP contribution in [0.4, 0.5) is 0 Å². The van der Waals surface area contributed by atoms with Crippen LogP contribution in [0.5, 0.6) is 0 Å². The molecule has 1 rings (SSSR count). The predicted molar refractivity (Wildman–Crippen MR) is 79.9 cm³/mol. The van der Waals surface area contributed by atoms with E-state index in [1.807, 2.05) is 30.0 Å². The van der Waals surface area contributed by atoms with Crippen LogP contribution in [-0.4, -0.2) is 18.8 Å². The van der Waals surface area contributed by atoms with Crippen molar-refractivity contribution in [3.8, 4) is 0 Å². The highest BCUT2D eigenvalue weighted by Gasteiger charge is 2.03. The molecule has 0 heterocycles. The fraction of sp³-hybridized carbons (Fsp3) is 0.571. The summed E-state index contributed by atoms with van der Waals surface area (Å²) in [5, 5.41) is 4.34. The molecular weight excluding hydrogens is 250 g/mol. The van der Waals surface area contributed by atoms with Crippen LogP contribution in [0, 0.1) is 5.92 Å². The van der Waals surface area contributed by atoms with Crippen LogP contribution < -0.4 is 5.32 Å². The quantitative estimate of drug-likeness (QED) is 0.711. The summed E-state index contributed by atoms with van der Waals surface area (Å²) in [6, 6.07) is 8.10. The Hall–Kier alpha value is -0.180. The third kappa shape index (κ3) is 6.35. The standard InChI is InChI=1S/C14H22ClNS/c1-3-8-16-9-12(2)10-17-11-13-6-4-5-7-14(13)15/h4-7,12,16H,3,8-11H2,1-2H3. The maximum absolute atomic E-state index is 6.12. The second-order valence-corrected chi connectivity index (χ2v) is 5.85. The summed E-state index contributed by atoms with van der Waals surface area (Å²) >= 11 is 8.08. The molecule has 1 nitrogen and oxygen atoms in total. The van der Waals surface area contributed by atoms with Gasteiger partial charge >= 0.3 is 0 Å². The largest absolute Gasteiger partial charge is 0.316 e. The molecule has 0 spiro atoms. The van der Waals surface area contributed by atoms with Crippen molar-refractivity contribution >= 4 is 23.4 Å². The van der Waals surface area contributed by atoms with Crippen LogP contribution in [0.15, 0.2) is 24.3 Å². The number of hydrogen-bond acceptors (Lipinski definition) is 2. The van der Waals surface area contributed by atoms with E-state index in [0.29, 0.717) is 5.92 Å². The van der Waals surface area contributed by atoms with Crippen molar-refractivity contribution < 1.29 is 0 Å². The van der Waals surface area contributed by atoms with E-state index in [0.717, 1.165) is 23.9 Å². The Bertz CT molecular complexity index is 317. The minimum atomic E-state index is 0.717. The Morgan fingerprint density at radius 2 is 2.12 bits per heavy atom. The van der Waals surface area contributed by atoms with E-state index in [1.165, 1.54) is 17.7 Å². The third-order valence-corrected chi connectivity index (χ3v) is 4.23. The minimum absolute atomic E-state index is 0.717. The normalized spacial score (nSPS) is 12.6. The van der Waals surface area contributed by atoms with Crippen LogP contribution in [0.1, 0.15) is 25.8 Å². The number of hydrogen-bond donors (Lipinski definition) is 1. The molecule has 0 saturated heterocycles. The Kier molecular flexibility index (Phi) is 7.74. The highest BCUT2D eigenvalue weighted by atomic mass is 35.5. The van der Waals surface area contributed by atoms with Crippen molar-refractivity contribution in [2.75, 3.05) is 18.8 Å². The van der Waals surface area contributed by atoms with Crippen molar-refractivity contribution in [3.05, 3.63) is 34.9 Å². The molecule has 0 amide bonds. The van der Waals surface area contributed by atoms with Crippen LogP contribution in [0.2, 0.25) is 5.02 Å². The van der Waals surface area contributed by atoms with Gasteiger partial charge < -0.3 is 5.32 Å². The number of benzene rings is 1. The van der Waals surface area contributed by atoms with Crippen LogP contribution >= 0.6 is 23.4 Å². The first-order chi connectivity index (χ1) is 8.24. The van der Waals surface area contributed by atoms with Gasteiger partial charge in [-0.15, -0.1) is 0 Å². The Morgan fingerprint density at radius 3 is 2.82 bits per heavy atom. The molecule has 1 unspecified atom stereocenters. The molecule has 0 fully saturated rings. The van der Waals surface area contributed by atoms with Crippen molar-refractivity contribution in [1.29, 1.82) is 0 Å². The van der Waals surface area contributed by atoms with Gasteiger partial charge in [-0.05, 0) is 42.8 Å². The smallest absolute Gasteiger partial charge is 0.0446 e. The Labute approximate surface area is 114 Å². The number of rotatable bonds is 8. The van der Waals surface area contributed by atoms with E-state index < -0.39 is 0 Å². The Balaban J connectivity index is 2.17. The number of halogens is 1. The highest BCUT2D eigenvalue weighted by molar-refractivity contribution is 7.98. The first-order valence-electron chi connectivity index (χ1n) is 6.26. The summed E-state index contributed by atoms with van der Waals surface area (Å²) in [6.45, 7) is 6.73. The zero-order valence-electron chi connectivity index (χ0n) is 10.7. The molecule has 0 aromatic heterocycles. The van der Waals surface area contributed by atoms with Gasteiger partial charge in [0.25, 0.3) is 0 Å². The van der Waals surface area contributed by atoms with Crippen LogP contribution in [0.25, 0.3) is 0 Å². The van der Waals surface area contributed by atoms with Gasteiger partial charge in [-0.25, -0.2) is 0 Å². The fourth-order valence-electron chi connectivity index (χ4n) is 1.57. The van der Waals surface area contributed by atoms with E-state index in [4.69, 9.17) is 11.6 Å². The van der Waals surface area contributed by atoms with Crippen molar-refractivity contribution in [2.45, 2.75) is 26.0 Å². The summed E-state index contributed by atoms with van der Waals surface area (Å²) in [6.07, 6.45) is 1.21. The van der Waals surface area contributed by atoms with E-state index in [2.05, 4.69) is 25.2 Å². The second kappa shape index (κ2) is 8.84. The summed E-state index contributed by atoms with van der Waals surface area (Å²) in [5.41, 5.74) is 1.24. The van der Waals surface area contributed by atoms with Gasteiger partial charge in [0.1, 0.15) is 0 Å². The van der Waals surface area contributed by atoms with E-state index in [-0.39, 0.29) is 0 Å². The molecular formula is C14H22ClNS. The Morgan fingerprint density at radius 1 is 1.35 bits per heavy atom. The van der Waals surface area contributed by atoms with Gasteiger partial charge in [0.05, 0.1) is 0 Å². The average molecular weight is 272 g/mol. The highest BCUT2D eigenvalue weighted by Crippen LogP contribution is 2.21. The molecule has 96 valence electrons. The lowest BCUT2D eigenvalue weighted by Gasteiger charge is -2.12. The van der Waals surface area contributed by atoms with E-state index >= 15 is 0 Å². The monoisotopic (exact) mass is 271 g/mol. The zero-order chi connectivity index (χ0) is 12.5. The van der Waals surface area contributed by atoms with Gasteiger partial charge in [-0.1, -0.05) is 43.6 Å². The molecule has 1 aromatic carbocycles. The average Bonchev–Trinajstić information content (AvgIpc) is 2.32. The van der Waals surface area contributed by atoms with Crippen molar-refractivity contribution in [2.24, 2.45) is 5.92 Å². The van der Waals surface area contributed by atoms with Crippen molar-refractivity contribution in [1.82, 2.24) is 5.32 Å². The fourth-order valence-corrected chi connectivity index (χ4v) is 2.96. The van der Waals surface area contributed by atoms with Gasteiger partial charge in [0.2, 0.25) is 0 Å². The van der Waals surface area contributed by atoms with E-state index in [1.54, 1.807) is 0 Å². The SMILES string of the molecule is CCCNCC(C)CSCc1ccccc1Cl. The summed E-state index contributed by atoms with van der Waals surface area (Å²) in [5.74, 6) is 2.91. The molecule has 3 heteroatoms. The van der Waals surface area contributed by atoms with Gasteiger partial charge in [0, 0.05) is 10.8 Å². The molecule has 1 N–H and O–H groups in total. The molecule has 17 heavy (non-hydrogen) atoms. The second-order valence-electron chi connectivity index (χ2n) is 4.42. The maximum Gasteiger partial charge on any atom is 0.0446 e. The van der Waals surface area contributed by atoms with Crippen molar-refractivity contribution in [3.63, 3.8) is 0 Å². The number of thioether (sulfide) groups is 1. The first kappa shape index (κ1) is 14.9. The molecule has 0 radical (unpaired) electrons. The summed E-state index contributed by atoms with van der Waals surface area (Å²) < 4.78 is 0. The maximum atomic E-state index is 6.12. The predicted octanol–water partition coefficient (Wildman–Crippen LogP) is 4.21. The topological polar surface area (TPSA) is 12.0 Å². The zero-order valence-corrected chi connectivity index (χ0v) is 12.3.